The molecule has 8 heteroatoms. The van der Waals surface area contributed by atoms with Crippen molar-refractivity contribution >= 4 is 11.7 Å². The maximum absolute atomic E-state index is 13.3. The topological polar surface area (TPSA) is 98.9 Å². The Morgan fingerprint density at radius 2 is 1.86 bits per heavy atom. The van der Waals surface area contributed by atoms with E-state index in [0.717, 1.165) is 18.2 Å². The van der Waals surface area contributed by atoms with Gasteiger partial charge in [0, 0.05) is 12.1 Å². The van der Waals surface area contributed by atoms with E-state index < -0.39 is 29.0 Å². The van der Waals surface area contributed by atoms with Crippen molar-refractivity contribution in [1.82, 2.24) is 0 Å². The average molecular weight is 307 g/mol. The monoisotopic (exact) mass is 307 g/mol. The Morgan fingerprint density at radius 3 is 2.50 bits per heavy atom. The van der Waals surface area contributed by atoms with Crippen LogP contribution in [0.5, 0.6) is 17.2 Å². The lowest BCUT2D eigenvalue weighted by molar-refractivity contribution is -0.385. The molecule has 0 fully saturated rings. The number of carbonyl (C=O) groups is 1. The smallest absolute Gasteiger partial charge is 0.341 e. The summed E-state index contributed by atoms with van der Waals surface area (Å²) in [4.78, 5) is 20.7. The lowest BCUT2D eigenvalue weighted by Crippen LogP contribution is -2.09. The summed E-state index contributed by atoms with van der Waals surface area (Å²) in [5, 5.41) is 19.5. The van der Waals surface area contributed by atoms with Crippen molar-refractivity contribution in [3.05, 3.63) is 58.4 Å². The number of ether oxygens (including phenoxy) is 2. The Morgan fingerprint density at radius 1 is 1.18 bits per heavy atom. The fourth-order valence-corrected chi connectivity index (χ4v) is 1.63. The number of halogens is 1. The second kappa shape index (κ2) is 6.53. The van der Waals surface area contributed by atoms with Gasteiger partial charge in [0.15, 0.2) is 18.1 Å². The summed E-state index contributed by atoms with van der Waals surface area (Å²) >= 11 is 0. The third-order valence-electron chi connectivity index (χ3n) is 2.54. The minimum absolute atomic E-state index is 0.0393. The second-order valence-electron chi connectivity index (χ2n) is 4.10. The highest BCUT2D eigenvalue weighted by molar-refractivity contribution is 5.68. The van der Waals surface area contributed by atoms with Crippen LogP contribution in [0.1, 0.15) is 0 Å². The van der Waals surface area contributed by atoms with Crippen LogP contribution in [0, 0.1) is 15.9 Å². The van der Waals surface area contributed by atoms with Gasteiger partial charge in [0.1, 0.15) is 5.82 Å². The van der Waals surface area contributed by atoms with E-state index in [9.17, 15) is 19.3 Å². The first kappa shape index (κ1) is 15.2. The molecule has 0 saturated heterocycles. The molecule has 2 rings (SSSR count). The van der Waals surface area contributed by atoms with Crippen LogP contribution in [-0.4, -0.2) is 22.6 Å². The zero-order valence-corrected chi connectivity index (χ0v) is 11.1. The number of nitro groups is 1. The van der Waals surface area contributed by atoms with Gasteiger partial charge >= 0.3 is 11.7 Å². The van der Waals surface area contributed by atoms with Crippen molar-refractivity contribution in [3.63, 3.8) is 0 Å². The first-order valence-electron chi connectivity index (χ1n) is 6.03. The highest BCUT2D eigenvalue weighted by Gasteiger charge is 2.18. The minimum atomic E-state index is -1.19. The van der Waals surface area contributed by atoms with Gasteiger partial charge in [-0.05, 0) is 18.2 Å². The van der Waals surface area contributed by atoms with Crippen LogP contribution in [0.25, 0.3) is 0 Å². The molecule has 0 aliphatic heterocycles. The van der Waals surface area contributed by atoms with E-state index in [2.05, 4.69) is 0 Å². The summed E-state index contributed by atoms with van der Waals surface area (Å²) in [6, 6.07) is 8.78. The maximum atomic E-state index is 13.3. The van der Waals surface area contributed by atoms with Crippen molar-refractivity contribution in [2.75, 3.05) is 6.61 Å². The van der Waals surface area contributed by atoms with E-state index in [1.807, 2.05) is 0 Å². The Labute approximate surface area is 123 Å². The third kappa shape index (κ3) is 3.69. The van der Waals surface area contributed by atoms with Crippen molar-refractivity contribution in [1.29, 1.82) is 0 Å². The van der Waals surface area contributed by atoms with Gasteiger partial charge in [-0.1, -0.05) is 12.1 Å². The number of carboxylic acids is 1. The Hall–Kier alpha value is -3.16. The fraction of sp³-hybridized carbons (Fsp3) is 0.0714. The molecule has 0 saturated carbocycles. The molecule has 0 heterocycles. The highest BCUT2D eigenvalue weighted by Crippen LogP contribution is 2.36. The van der Waals surface area contributed by atoms with Crippen LogP contribution < -0.4 is 9.47 Å². The molecule has 114 valence electrons. The van der Waals surface area contributed by atoms with E-state index in [1.165, 1.54) is 12.1 Å². The summed E-state index contributed by atoms with van der Waals surface area (Å²) < 4.78 is 23.6. The molecule has 0 aromatic heterocycles. The average Bonchev–Trinajstić information content (AvgIpc) is 2.46. The van der Waals surface area contributed by atoms with Gasteiger partial charge in [-0.2, -0.15) is 0 Å². The van der Waals surface area contributed by atoms with Crippen molar-refractivity contribution < 1.29 is 28.7 Å². The van der Waals surface area contributed by atoms with E-state index in [-0.39, 0.29) is 17.2 Å². The molecule has 0 bridgehead atoms. The number of hydrogen-bond donors (Lipinski definition) is 1. The number of nitrogens with zero attached hydrogens (tertiary/aromatic N) is 1. The number of aliphatic carboxylic acids is 1. The van der Waals surface area contributed by atoms with Crippen LogP contribution in [-0.2, 0) is 4.79 Å². The van der Waals surface area contributed by atoms with Crippen LogP contribution >= 0.6 is 0 Å². The van der Waals surface area contributed by atoms with E-state index in [4.69, 9.17) is 14.6 Å². The fourth-order valence-electron chi connectivity index (χ4n) is 1.63. The molecule has 0 atom stereocenters. The van der Waals surface area contributed by atoms with Gasteiger partial charge in [0.2, 0.25) is 5.75 Å². The third-order valence-corrected chi connectivity index (χ3v) is 2.54. The summed E-state index contributed by atoms with van der Waals surface area (Å²) in [5.41, 5.74) is -0.422. The zero-order valence-electron chi connectivity index (χ0n) is 11.1. The molecule has 0 unspecified atom stereocenters. The largest absolute Gasteiger partial charge is 0.479 e. The molecule has 2 aromatic rings. The van der Waals surface area contributed by atoms with Crippen LogP contribution in [0.3, 0.4) is 0 Å². The predicted octanol–water partition coefficient (Wildman–Crippen LogP) is 2.99. The Bertz CT molecular complexity index is 718. The Balaban J connectivity index is 2.33. The van der Waals surface area contributed by atoms with Crippen molar-refractivity contribution in [3.8, 4) is 17.2 Å². The molecule has 2 aromatic carbocycles. The number of carboxylic acid groups (broad SMARTS) is 1. The number of nitro benzene ring substituents is 1. The summed E-state index contributed by atoms with van der Waals surface area (Å²) in [6.07, 6.45) is 0. The van der Waals surface area contributed by atoms with E-state index >= 15 is 0 Å². The quantitative estimate of drug-likeness (QED) is 0.650. The summed E-state index contributed by atoms with van der Waals surface area (Å²) in [7, 11) is 0. The van der Waals surface area contributed by atoms with Gasteiger partial charge in [0.25, 0.3) is 0 Å². The molecule has 1 N–H and O–H groups in total. The SMILES string of the molecule is O=C(O)COc1ccccc1Oc1cc(F)ccc1[N+](=O)[O-]. The maximum Gasteiger partial charge on any atom is 0.341 e. The molecule has 0 radical (unpaired) electrons. The van der Waals surface area contributed by atoms with E-state index in [1.54, 1.807) is 12.1 Å². The predicted molar refractivity (Wildman–Crippen MR) is 72.7 cm³/mol. The summed E-state index contributed by atoms with van der Waals surface area (Å²) in [5.74, 6) is -2.09. The lowest BCUT2D eigenvalue weighted by Gasteiger charge is -2.11. The number of hydrogen-bond acceptors (Lipinski definition) is 5. The first-order chi connectivity index (χ1) is 10.5. The lowest BCUT2D eigenvalue weighted by atomic mass is 10.2. The molecule has 7 nitrogen and oxygen atoms in total. The molecular weight excluding hydrogens is 297 g/mol. The van der Waals surface area contributed by atoms with E-state index in [0.29, 0.717) is 0 Å². The standard InChI is InChI=1S/C14H10FNO6/c15-9-5-6-10(16(19)20)13(7-9)22-12-4-2-1-3-11(12)21-8-14(17)18/h1-7H,8H2,(H,17,18). The van der Waals surface area contributed by atoms with Gasteiger partial charge in [-0.3, -0.25) is 10.1 Å². The number of para-hydroxylation sites is 2. The number of benzene rings is 2. The Kier molecular flexibility index (Phi) is 4.52. The van der Waals surface area contributed by atoms with Gasteiger partial charge in [0.05, 0.1) is 4.92 Å². The first-order valence-corrected chi connectivity index (χ1v) is 6.03. The van der Waals surface area contributed by atoms with Crippen LogP contribution in [0.2, 0.25) is 0 Å². The molecule has 0 aliphatic carbocycles. The van der Waals surface area contributed by atoms with Crippen LogP contribution in [0.4, 0.5) is 10.1 Å². The molecule has 22 heavy (non-hydrogen) atoms. The molecule has 0 amide bonds. The summed E-state index contributed by atoms with van der Waals surface area (Å²) in [6.45, 7) is -0.606. The van der Waals surface area contributed by atoms with Crippen LogP contribution in [0.15, 0.2) is 42.5 Å². The minimum Gasteiger partial charge on any atom is -0.479 e. The normalized spacial score (nSPS) is 10.0. The second-order valence-corrected chi connectivity index (χ2v) is 4.10. The molecule has 0 spiro atoms. The zero-order chi connectivity index (χ0) is 16.1. The molecular formula is C14H10FNO6. The molecule has 0 aliphatic rings. The van der Waals surface area contributed by atoms with Gasteiger partial charge < -0.3 is 14.6 Å². The highest BCUT2D eigenvalue weighted by atomic mass is 19.1. The van der Waals surface area contributed by atoms with Gasteiger partial charge in [-0.25, -0.2) is 9.18 Å². The van der Waals surface area contributed by atoms with Crippen molar-refractivity contribution in [2.45, 2.75) is 0 Å². The van der Waals surface area contributed by atoms with Gasteiger partial charge in [-0.15, -0.1) is 0 Å². The number of rotatable bonds is 6. The van der Waals surface area contributed by atoms with Crippen molar-refractivity contribution in [2.24, 2.45) is 0 Å².